The van der Waals surface area contributed by atoms with E-state index >= 15 is 0 Å². The lowest BCUT2D eigenvalue weighted by molar-refractivity contribution is -0.136. The zero-order chi connectivity index (χ0) is 23.4. The molecule has 3 aromatic rings. The van der Waals surface area contributed by atoms with Gasteiger partial charge in [0.05, 0.1) is 12.1 Å². The topological polar surface area (TPSA) is 47.4 Å². The highest BCUT2D eigenvalue weighted by atomic mass is 19.1. The van der Waals surface area contributed by atoms with Crippen molar-refractivity contribution in [2.45, 2.75) is 46.1 Å². The van der Waals surface area contributed by atoms with E-state index in [0.29, 0.717) is 30.6 Å². The van der Waals surface area contributed by atoms with Crippen molar-refractivity contribution in [3.8, 4) is 22.9 Å². The summed E-state index contributed by atoms with van der Waals surface area (Å²) in [6.45, 7) is 5.36. The van der Waals surface area contributed by atoms with Gasteiger partial charge >= 0.3 is 0 Å². The minimum atomic E-state index is -0.317. The summed E-state index contributed by atoms with van der Waals surface area (Å²) >= 11 is 0. The zero-order valence-electron chi connectivity index (χ0n) is 19.6. The molecule has 1 aromatic heterocycles. The van der Waals surface area contributed by atoms with Gasteiger partial charge in [-0.05, 0) is 43.0 Å². The number of ether oxygens (including phenoxy) is 1. The van der Waals surface area contributed by atoms with E-state index in [1.165, 1.54) is 12.1 Å². The molecule has 2 aromatic carbocycles. The molecule has 0 N–H and O–H groups in total. The molecule has 0 saturated heterocycles. The van der Waals surface area contributed by atoms with E-state index in [1.807, 2.05) is 42.3 Å². The molecule has 1 aliphatic carbocycles. The molecular formula is C27H32FN3O2. The van der Waals surface area contributed by atoms with Crippen LogP contribution in [-0.2, 0) is 18.4 Å². The van der Waals surface area contributed by atoms with Gasteiger partial charge in [-0.2, -0.15) is 5.10 Å². The number of nitrogens with zero attached hydrogens (tertiary/aromatic N) is 3. The van der Waals surface area contributed by atoms with Gasteiger partial charge in [0.25, 0.3) is 0 Å². The molecule has 6 heteroatoms. The average Bonchev–Trinajstić information content (AvgIpc) is 3.44. The fourth-order valence-corrected chi connectivity index (χ4v) is 4.56. The molecule has 0 unspecified atom stereocenters. The Morgan fingerprint density at radius 3 is 2.42 bits per heavy atom. The van der Waals surface area contributed by atoms with Crippen LogP contribution in [0.1, 0.15) is 45.1 Å². The summed E-state index contributed by atoms with van der Waals surface area (Å²) in [7, 11) is 1.83. The second-order valence-electron chi connectivity index (χ2n) is 9.27. The molecule has 1 saturated carbocycles. The van der Waals surface area contributed by atoms with Crippen LogP contribution in [0.15, 0.2) is 54.6 Å². The first-order chi connectivity index (χ1) is 15.9. The number of amides is 1. The predicted molar refractivity (Wildman–Crippen MR) is 127 cm³/mol. The predicted octanol–water partition coefficient (Wildman–Crippen LogP) is 6.19. The summed E-state index contributed by atoms with van der Waals surface area (Å²) in [5.74, 6) is 1.43. The van der Waals surface area contributed by atoms with Crippen molar-refractivity contribution in [2.24, 2.45) is 18.9 Å². The maximum atomic E-state index is 13.5. The van der Waals surface area contributed by atoms with Crippen molar-refractivity contribution in [1.29, 1.82) is 0 Å². The van der Waals surface area contributed by atoms with Crippen molar-refractivity contribution in [3.05, 3.63) is 66.0 Å². The molecule has 1 fully saturated rings. The number of rotatable bonds is 8. The first-order valence-corrected chi connectivity index (χ1v) is 11.8. The fourth-order valence-electron chi connectivity index (χ4n) is 4.56. The smallest absolute Gasteiger partial charge is 0.225 e. The molecule has 0 atom stereocenters. The minimum Gasteiger partial charge on any atom is -0.439 e. The van der Waals surface area contributed by atoms with Crippen molar-refractivity contribution in [1.82, 2.24) is 14.7 Å². The SMILES string of the molecule is CC(C)CN(Cc1c(-c2ccccc2)nn(C)c1Oc1ccc(F)cc1)C(=O)C1CCCC1. The van der Waals surface area contributed by atoms with Gasteiger partial charge in [-0.1, -0.05) is 57.0 Å². The Kier molecular flexibility index (Phi) is 7.11. The van der Waals surface area contributed by atoms with Gasteiger partial charge in [-0.15, -0.1) is 0 Å². The molecule has 0 bridgehead atoms. The fraction of sp³-hybridized carbons (Fsp3) is 0.407. The van der Waals surface area contributed by atoms with Crippen molar-refractivity contribution < 1.29 is 13.9 Å². The van der Waals surface area contributed by atoms with Gasteiger partial charge in [0.1, 0.15) is 17.3 Å². The van der Waals surface area contributed by atoms with Crippen LogP contribution in [0.2, 0.25) is 0 Å². The molecule has 4 rings (SSSR count). The van der Waals surface area contributed by atoms with E-state index in [0.717, 1.165) is 42.5 Å². The molecule has 0 radical (unpaired) electrons. The zero-order valence-corrected chi connectivity index (χ0v) is 19.6. The van der Waals surface area contributed by atoms with Crippen LogP contribution in [-0.4, -0.2) is 27.1 Å². The summed E-state index contributed by atoms with van der Waals surface area (Å²) in [5.41, 5.74) is 2.62. The number of benzene rings is 2. The van der Waals surface area contributed by atoms with Gasteiger partial charge in [0.15, 0.2) is 0 Å². The normalized spacial score (nSPS) is 14.1. The lowest BCUT2D eigenvalue weighted by Gasteiger charge is -2.28. The van der Waals surface area contributed by atoms with Crippen LogP contribution < -0.4 is 4.74 Å². The number of carbonyl (C=O) groups is 1. The molecule has 5 nitrogen and oxygen atoms in total. The highest BCUT2D eigenvalue weighted by molar-refractivity contribution is 5.79. The van der Waals surface area contributed by atoms with E-state index in [1.54, 1.807) is 16.8 Å². The number of carbonyl (C=O) groups excluding carboxylic acids is 1. The Morgan fingerprint density at radius 2 is 1.79 bits per heavy atom. The summed E-state index contributed by atoms with van der Waals surface area (Å²) in [6, 6.07) is 15.9. The van der Waals surface area contributed by atoms with Gasteiger partial charge in [0.2, 0.25) is 11.8 Å². The number of hydrogen-bond acceptors (Lipinski definition) is 3. The average molecular weight is 450 g/mol. The Bertz CT molecular complexity index is 1070. The maximum absolute atomic E-state index is 13.5. The van der Waals surface area contributed by atoms with Crippen LogP contribution in [0, 0.1) is 17.7 Å². The second-order valence-corrected chi connectivity index (χ2v) is 9.27. The van der Waals surface area contributed by atoms with E-state index in [2.05, 4.69) is 13.8 Å². The summed E-state index contributed by atoms with van der Waals surface area (Å²) in [4.78, 5) is 15.4. The summed E-state index contributed by atoms with van der Waals surface area (Å²) in [5, 5.41) is 4.76. The molecule has 0 aliphatic heterocycles. The molecule has 1 heterocycles. The van der Waals surface area contributed by atoms with Gasteiger partial charge in [-0.3, -0.25) is 4.79 Å². The Hall–Kier alpha value is -3.15. The van der Waals surface area contributed by atoms with Gasteiger partial charge in [-0.25, -0.2) is 9.07 Å². The van der Waals surface area contributed by atoms with Crippen LogP contribution in [0.3, 0.4) is 0 Å². The quantitative estimate of drug-likeness (QED) is 0.412. The van der Waals surface area contributed by atoms with E-state index < -0.39 is 0 Å². The highest BCUT2D eigenvalue weighted by Crippen LogP contribution is 2.35. The third kappa shape index (κ3) is 5.44. The van der Waals surface area contributed by atoms with Crippen LogP contribution in [0.5, 0.6) is 11.6 Å². The standard InChI is InChI=1S/C27H32FN3O2/c1-19(2)17-31(26(32)21-11-7-8-12-21)18-24-25(20-9-5-4-6-10-20)29-30(3)27(24)33-23-15-13-22(28)14-16-23/h4-6,9-10,13-16,19,21H,7-8,11-12,17-18H2,1-3H3. The summed E-state index contributed by atoms with van der Waals surface area (Å²) in [6.07, 6.45) is 4.16. The number of halogens is 1. The van der Waals surface area contributed by atoms with E-state index in [-0.39, 0.29) is 17.6 Å². The molecule has 33 heavy (non-hydrogen) atoms. The van der Waals surface area contributed by atoms with Crippen molar-refractivity contribution in [3.63, 3.8) is 0 Å². The van der Waals surface area contributed by atoms with Crippen LogP contribution in [0.4, 0.5) is 4.39 Å². The molecular weight excluding hydrogens is 417 g/mol. The van der Waals surface area contributed by atoms with Crippen molar-refractivity contribution in [2.75, 3.05) is 6.54 Å². The largest absolute Gasteiger partial charge is 0.439 e. The first-order valence-electron chi connectivity index (χ1n) is 11.8. The summed E-state index contributed by atoms with van der Waals surface area (Å²) < 4.78 is 21.3. The van der Waals surface area contributed by atoms with Crippen LogP contribution >= 0.6 is 0 Å². The van der Waals surface area contributed by atoms with Gasteiger partial charge in [0, 0.05) is 25.1 Å². The Balaban J connectivity index is 1.74. The highest BCUT2D eigenvalue weighted by Gasteiger charge is 2.30. The van der Waals surface area contributed by atoms with Gasteiger partial charge < -0.3 is 9.64 Å². The number of hydrogen-bond donors (Lipinski definition) is 0. The molecule has 1 aliphatic rings. The lowest BCUT2D eigenvalue weighted by Crippen LogP contribution is -2.37. The third-order valence-corrected chi connectivity index (χ3v) is 6.11. The van der Waals surface area contributed by atoms with Crippen molar-refractivity contribution >= 4 is 5.91 Å². The number of aryl methyl sites for hydroxylation is 1. The Labute approximate surface area is 195 Å². The van der Waals surface area contributed by atoms with E-state index in [9.17, 15) is 9.18 Å². The molecule has 0 spiro atoms. The third-order valence-electron chi connectivity index (χ3n) is 6.11. The number of aromatic nitrogens is 2. The second kappa shape index (κ2) is 10.2. The Morgan fingerprint density at radius 1 is 1.12 bits per heavy atom. The first kappa shape index (κ1) is 23.0. The monoisotopic (exact) mass is 449 g/mol. The molecule has 174 valence electrons. The van der Waals surface area contributed by atoms with Crippen LogP contribution in [0.25, 0.3) is 11.3 Å². The lowest BCUT2D eigenvalue weighted by atomic mass is 10.0. The molecule has 1 amide bonds. The maximum Gasteiger partial charge on any atom is 0.225 e. The van der Waals surface area contributed by atoms with E-state index in [4.69, 9.17) is 9.84 Å². The minimum absolute atomic E-state index is 0.0991.